The van der Waals surface area contributed by atoms with E-state index in [0.717, 1.165) is 40.0 Å². The highest BCUT2D eigenvalue weighted by Crippen LogP contribution is 2.42. The summed E-state index contributed by atoms with van der Waals surface area (Å²) >= 11 is 3.27. The molecule has 1 fully saturated rings. The number of hydrogen-bond donors (Lipinski definition) is 0. The Morgan fingerprint density at radius 3 is 2.81 bits per heavy atom. The highest BCUT2D eigenvalue weighted by molar-refractivity contribution is 7.98. The van der Waals surface area contributed by atoms with E-state index in [2.05, 4.69) is 31.2 Å². The first-order valence-electron chi connectivity index (χ1n) is 8.78. The van der Waals surface area contributed by atoms with Crippen LogP contribution in [0.15, 0.2) is 51.7 Å². The SMILES string of the molecule is Cn1c(CSc2nnc(-c3cccs3)n2C2CC2)nc2ccccc2c1=O. The van der Waals surface area contributed by atoms with Crippen LogP contribution in [0.5, 0.6) is 0 Å². The van der Waals surface area contributed by atoms with E-state index in [1.165, 1.54) is 0 Å². The second kappa shape index (κ2) is 6.61. The van der Waals surface area contributed by atoms with Crippen molar-refractivity contribution in [2.45, 2.75) is 29.8 Å². The zero-order chi connectivity index (χ0) is 18.4. The van der Waals surface area contributed by atoms with Crippen LogP contribution in [-0.4, -0.2) is 24.3 Å². The van der Waals surface area contributed by atoms with Gasteiger partial charge in [-0.3, -0.25) is 13.9 Å². The Hall–Kier alpha value is -2.45. The van der Waals surface area contributed by atoms with Crippen LogP contribution in [0.1, 0.15) is 24.7 Å². The fourth-order valence-corrected chi connectivity index (χ4v) is 4.83. The lowest BCUT2D eigenvalue weighted by atomic mass is 10.2. The minimum atomic E-state index is -0.0147. The Labute approximate surface area is 163 Å². The number of thiophene rings is 1. The largest absolute Gasteiger partial charge is 0.299 e. The number of thioether (sulfide) groups is 1. The van der Waals surface area contributed by atoms with Crippen molar-refractivity contribution in [1.29, 1.82) is 0 Å². The Morgan fingerprint density at radius 1 is 1.19 bits per heavy atom. The van der Waals surface area contributed by atoms with Gasteiger partial charge in [-0.05, 0) is 36.4 Å². The van der Waals surface area contributed by atoms with Gasteiger partial charge in [-0.2, -0.15) is 0 Å². The summed E-state index contributed by atoms with van der Waals surface area (Å²) in [5.41, 5.74) is 0.721. The van der Waals surface area contributed by atoms with Crippen LogP contribution in [0.2, 0.25) is 0 Å². The molecule has 0 saturated heterocycles. The molecule has 1 aliphatic rings. The van der Waals surface area contributed by atoms with Gasteiger partial charge in [-0.25, -0.2) is 4.98 Å². The molecule has 1 saturated carbocycles. The maximum atomic E-state index is 12.6. The van der Waals surface area contributed by atoms with Gasteiger partial charge in [0.25, 0.3) is 5.56 Å². The van der Waals surface area contributed by atoms with Gasteiger partial charge in [0.1, 0.15) is 5.82 Å². The van der Waals surface area contributed by atoms with Gasteiger partial charge < -0.3 is 0 Å². The van der Waals surface area contributed by atoms with Crippen molar-refractivity contribution in [2.75, 3.05) is 0 Å². The monoisotopic (exact) mass is 395 g/mol. The van der Waals surface area contributed by atoms with Crippen LogP contribution in [0.3, 0.4) is 0 Å². The van der Waals surface area contributed by atoms with Gasteiger partial charge in [0.05, 0.1) is 21.5 Å². The molecule has 0 atom stereocenters. The minimum absolute atomic E-state index is 0.0147. The van der Waals surface area contributed by atoms with Gasteiger partial charge in [-0.1, -0.05) is 30.0 Å². The summed E-state index contributed by atoms with van der Waals surface area (Å²) in [4.78, 5) is 18.4. The highest BCUT2D eigenvalue weighted by Gasteiger charge is 2.30. The zero-order valence-electron chi connectivity index (χ0n) is 14.7. The van der Waals surface area contributed by atoms with Crippen molar-refractivity contribution in [3.05, 3.63) is 58.0 Å². The quantitative estimate of drug-likeness (QED) is 0.480. The molecule has 0 spiro atoms. The van der Waals surface area contributed by atoms with E-state index in [1.54, 1.807) is 34.7 Å². The number of fused-ring (bicyclic) bond motifs is 1. The first-order valence-corrected chi connectivity index (χ1v) is 10.6. The van der Waals surface area contributed by atoms with E-state index in [9.17, 15) is 4.79 Å². The summed E-state index contributed by atoms with van der Waals surface area (Å²) in [6, 6.07) is 12.1. The second-order valence-corrected chi connectivity index (χ2v) is 8.47. The van der Waals surface area contributed by atoms with E-state index in [-0.39, 0.29) is 5.56 Å². The molecule has 136 valence electrons. The molecular weight excluding hydrogens is 378 g/mol. The topological polar surface area (TPSA) is 65.6 Å². The highest BCUT2D eigenvalue weighted by atomic mass is 32.2. The molecule has 5 rings (SSSR count). The van der Waals surface area contributed by atoms with Crippen molar-refractivity contribution in [2.24, 2.45) is 7.05 Å². The van der Waals surface area contributed by atoms with Crippen molar-refractivity contribution in [3.8, 4) is 10.7 Å². The van der Waals surface area contributed by atoms with Crippen LogP contribution >= 0.6 is 23.1 Å². The number of rotatable bonds is 5. The summed E-state index contributed by atoms with van der Waals surface area (Å²) in [7, 11) is 1.78. The average molecular weight is 396 g/mol. The van der Waals surface area contributed by atoms with Gasteiger partial charge in [-0.15, -0.1) is 21.5 Å². The smallest absolute Gasteiger partial charge is 0.261 e. The van der Waals surface area contributed by atoms with Crippen molar-refractivity contribution >= 4 is 34.0 Å². The van der Waals surface area contributed by atoms with Crippen molar-refractivity contribution in [1.82, 2.24) is 24.3 Å². The predicted molar refractivity (Wildman–Crippen MR) is 108 cm³/mol. The molecule has 1 aliphatic carbocycles. The first kappa shape index (κ1) is 16.7. The summed E-state index contributed by atoms with van der Waals surface area (Å²) < 4.78 is 3.88. The molecular formula is C19H17N5OS2. The van der Waals surface area contributed by atoms with Crippen molar-refractivity contribution < 1.29 is 0 Å². The van der Waals surface area contributed by atoms with E-state index < -0.39 is 0 Å². The lowest BCUT2D eigenvalue weighted by Gasteiger charge is -2.10. The molecule has 3 heterocycles. The molecule has 6 nitrogen and oxygen atoms in total. The Balaban J connectivity index is 1.48. The van der Waals surface area contributed by atoms with Gasteiger partial charge >= 0.3 is 0 Å². The molecule has 0 radical (unpaired) electrons. The standard InChI is InChI=1S/C19H17N5OS2/c1-23-16(20-14-6-3-2-5-13(14)18(23)25)11-27-19-22-21-17(15-7-4-10-26-15)24(19)12-8-9-12/h2-7,10,12H,8-9,11H2,1H3. The molecule has 3 aromatic heterocycles. The van der Waals surface area contributed by atoms with E-state index in [4.69, 9.17) is 0 Å². The first-order chi connectivity index (χ1) is 13.2. The fraction of sp³-hybridized carbons (Fsp3) is 0.263. The molecule has 27 heavy (non-hydrogen) atoms. The van der Waals surface area contributed by atoms with E-state index >= 15 is 0 Å². The Bertz CT molecular complexity index is 1170. The minimum Gasteiger partial charge on any atom is -0.299 e. The summed E-state index contributed by atoms with van der Waals surface area (Å²) in [5, 5.41) is 12.5. The average Bonchev–Trinajstić information content (AvgIpc) is 3.21. The Morgan fingerprint density at radius 2 is 2.04 bits per heavy atom. The molecule has 0 aliphatic heterocycles. The third-order valence-electron chi connectivity index (χ3n) is 4.72. The van der Waals surface area contributed by atoms with Gasteiger partial charge in [0, 0.05) is 13.1 Å². The van der Waals surface area contributed by atoms with Crippen LogP contribution in [-0.2, 0) is 12.8 Å². The third-order valence-corrected chi connectivity index (χ3v) is 6.53. The molecule has 1 aromatic carbocycles. The van der Waals surface area contributed by atoms with Crippen LogP contribution in [0.25, 0.3) is 21.6 Å². The molecule has 0 amide bonds. The number of aromatic nitrogens is 5. The fourth-order valence-electron chi connectivity index (χ4n) is 3.13. The zero-order valence-corrected chi connectivity index (χ0v) is 16.3. The number of benzene rings is 1. The normalized spacial score (nSPS) is 14.1. The Kier molecular flexibility index (Phi) is 4.09. The van der Waals surface area contributed by atoms with Crippen LogP contribution in [0.4, 0.5) is 0 Å². The summed E-state index contributed by atoms with van der Waals surface area (Å²) in [6.45, 7) is 0. The van der Waals surface area contributed by atoms with Crippen molar-refractivity contribution in [3.63, 3.8) is 0 Å². The predicted octanol–water partition coefficient (Wildman–Crippen LogP) is 3.88. The third kappa shape index (κ3) is 2.98. The summed E-state index contributed by atoms with van der Waals surface area (Å²) in [5.74, 6) is 2.26. The lowest BCUT2D eigenvalue weighted by molar-refractivity contribution is 0.669. The van der Waals surface area contributed by atoms with Crippen LogP contribution < -0.4 is 5.56 Å². The van der Waals surface area contributed by atoms with E-state index in [1.807, 2.05) is 30.3 Å². The second-order valence-electron chi connectivity index (χ2n) is 6.58. The van der Waals surface area contributed by atoms with Crippen LogP contribution in [0, 0.1) is 0 Å². The molecule has 0 unspecified atom stereocenters. The maximum Gasteiger partial charge on any atom is 0.261 e. The number of para-hydroxylation sites is 1. The number of hydrogen-bond acceptors (Lipinski definition) is 6. The molecule has 0 bridgehead atoms. The maximum absolute atomic E-state index is 12.6. The number of nitrogens with zero attached hydrogens (tertiary/aromatic N) is 5. The summed E-state index contributed by atoms with van der Waals surface area (Å²) in [6.07, 6.45) is 2.33. The molecule has 4 aromatic rings. The lowest BCUT2D eigenvalue weighted by Crippen LogP contribution is -2.22. The molecule has 0 N–H and O–H groups in total. The van der Waals surface area contributed by atoms with E-state index in [0.29, 0.717) is 17.2 Å². The van der Waals surface area contributed by atoms with Gasteiger partial charge in [0.2, 0.25) is 0 Å². The van der Waals surface area contributed by atoms with Gasteiger partial charge in [0.15, 0.2) is 11.0 Å². The molecule has 8 heteroatoms.